The number of carbonyl (C=O) groups is 3. The molecule has 0 spiro atoms. The van der Waals surface area contributed by atoms with Gasteiger partial charge in [0.05, 0.1) is 23.3 Å². The number of halogens is 1. The molecule has 8 nitrogen and oxygen atoms in total. The van der Waals surface area contributed by atoms with Gasteiger partial charge in [0.1, 0.15) is 5.75 Å². The third-order valence-electron chi connectivity index (χ3n) is 4.10. The number of rotatable bonds is 4. The van der Waals surface area contributed by atoms with E-state index < -0.39 is 11.8 Å². The third kappa shape index (κ3) is 4.07. The number of fused-ring (bicyclic) bond motifs is 1. The zero-order valence-electron chi connectivity index (χ0n) is 14.8. The zero-order valence-corrected chi connectivity index (χ0v) is 15.6. The van der Waals surface area contributed by atoms with E-state index in [-0.39, 0.29) is 18.3 Å². The van der Waals surface area contributed by atoms with E-state index in [2.05, 4.69) is 16.0 Å². The molecule has 9 heteroatoms. The van der Waals surface area contributed by atoms with Crippen molar-refractivity contribution >= 4 is 46.4 Å². The van der Waals surface area contributed by atoms with Gasteiger partial charge in [0.2, 0.25) is 0 Å². The van der Waals surface area contributed by atoms with Crippen molar-refractivity contribution in [3.63, 3.8) is 0 Å². The Kier molecular flexibility index (Phi) is 4.92. The molecule has 0 radical (unpaired) electrons. The van der Waals surface area contributed by atoms with Crippen LogP contribution in [0.2, 0.25) is 5.02 Å². The van der Waals surface area contributed by atoms with E-state index in [1.54, 1.807) is 30.3 Å². The Morgan fingerprint density at radius 3 is 2.62 bits per heavy atom. The quantitative estimate of drug-likeness (QED) is 0.605. The lowest BCUT2D eigenvalue weighted by Gasteiger charge is -2.18. The number of furan rings is 1. The summed E-state index contributed by atoms with van der Waals surface area (Å²) in [5.41, 5.74) is 1.36. The lowest BCUT2D eigenvalue weighted by Crippen LogP contribution is -2.25. The first kappa shape index (κ1) is 18.6. The Morgan fingerprint density at radius 1 is 1.00 bits per heavy atom. The van der Waals surface area contributed by atoms with Crippen LogP contribution in [0.1, 0.15) is 20.9 Å². The van der Waals surface area contributed by atoms with Gasteiger partial charge in [-0.3, -0.25) is 14.4 Å². The number of amides is 3. The van der Waals surface area contributed by atoms with E-state index >= 15 is 0 Å². The van der Waals surface area contributed by atoms with Gasteiger partial charge in [-0.05, 0) is 48.5 Å². The van der Waals surface area contributed by atoms with Crippen LogP contribution in [0.4, 0.5) is 17.1 Å². The highest BCUT2D eigenvalue weighted by Gasteiger charge is 2.19. The highest BCUT2D eigenvalue weighted by Crippen LogP contribution is 2.30. The molecule has 1 aliphatic rings. The fraction of sp³-hybridized carbons (Fsp3) is 0.0500. The summed E-state index contributed by atoms with van der Waals surface area (Å²) in [6.45, 7) is -0.0674. The van der Waals surface area contributed by atoms with Crippen molar-refractivity contribution in [3.8, 4) is 5.75 Å². The Hall–Kier alpha value is -3.78. The number of ether oxygens (including phenoxy) is 1. The van der Waals surface area contributed by atoms with E-state index in [0.29, 0.717) is 33.4 Å². The fourth-order valence-corrected chi connectivity index (χ4v) is 2.91. The first-order chi connectivity index (χ1) is 14.0. The van der Waals surface area contributed by atoms with Gasteiger partial charge in [0, 0.05) is 10.6 Å². The molecule has 146 valence electrons. The maximum absolute atomic E-state index is 12.7. The predicted molar refractivity (Wildman–Crippen MR) is 107 cm³/mol. The molecule has 0 bridgehead atoms. The predicted octanol–water partition coefficient (Wildman–Crippen LogP) is 3.77. The van der Waals surface area contributed by atoms with Crippen molar-refractivity contribution in [2.45, 2.75) is 0 Å². The minimum absolute atomic E-state index is 0.0674. The van der Waals surface area contributed by atoms with Crippen LogP contribution >= 0.6 is 11.6 Å². The van der Waals surface area contributed by atoms with Crippen LogP contribution < -0.4 is 20.7 Å². The molecular formula is C20H14ClN3O5. The Morgan fingerprint density at radius 2 is 1.83 bits per heavy atom. The van der Waals surface area contributed by atoms with Crippen molar-refractivity contribution in [3.05, 3.63) is 71.1 Å². The molecule has 0 fully saturated rings. The Bertz CT molecular complexity index is 1110. The first-order valence-electron chi connectivity index (χ1n) is 8.52. The van der Waals surface area contributed by atoms with Crippen LogP contribution in [0.5, 0.6) is 5.75 Å². The average molecular weight is 412 g/mol. The van der Waals surface area contributed by atoms with Gasteiger partial charge in [0.15, 0.2) is 12.4 Å². The van der Waals surface area contributed by atoms with Crippen LogP contribution in [0, 0.1) is 0 Å². The standard InChI is InChI=1S/C20H14ClN3O5/c21-12-4-5-13(14(9-12)24-20(27)17-2-1-7-28-17)23-19(26)11-3-6-16-15(8-11)22-18(25)10-29-16/h1-9H,10H2,(H,22,25)(H,23,26)(H,24,27). The molecule has 2 aromatic carbocycles. The van der Waals surface area contributed by atoms with E-state index in [1.165, 1.54) is 24.5 Å². The molecular weight excluding hydrogens is 398 g/mol. The van der Waals surface area contributed by atoms with Crippen molar-refractivity contribution in [1.29, 1.82) is 0 Å². The van der Waals surface area contributed by atoms with Gasteiger partial charge in [0.25, 0.3) is 17.7 Å². The second-order valence-corrected chi connectivity index (χ2v) is 6.56. The number of nitrogens with one attached hydrogen (secondary N) is 3. The highest BCUT2D eigenvalue weighted by atomic mass is 35.5. The van der Waals surface area contributed by atoms with Crippen LogP contribution in [-0.2, 0) is 4.79 Å². The summed E-state index contributed by atoms with van der Waals surface area (Å²) in [7, 11) is 0. The molecule has 2 heterocycles. The molecule has 0 saturated carbocycles. The average Bonchev–Trinajstić information content (AvgIpc) is 3.24. The maximum atomic E-state index is 12.7. The number of hydrogen-bond donors (Lipinski definition) is 3. The summed E-state index contributed by atoms with van der Waals surface area (Å²) in [5, 5.41) is 8.42. The molecule has 1 aliphatic heterocycles. The molecule has 3 amide bonds. The Balaban J connectivity index is 1.56. The number of anilines is 3. The lowest BCUT2D eigenvalue weighted by molar-refractivity contribution is -0.118. The molecule has 4 rings (SSSR count). The van der Waals surface area contributed by atoms with Crippen molar-refractivity contribution in [1.82, 2.24) is 0 Å². The SMILES string of the molecule is O=C1COc2ccc(C(=O)Nc3ccc(Cl)cc3NC(=O)c3ccco3)cc2N1. The molecule has 0 aliphatic carbocycles. The minimum Gasteiger partial charge on any atom is -0.482 e. The van der Waals surface area contributed by atoms with Crippen LogP contribution in [-0.4, -0.2) is 24.3 Å². The summed E-state index contributed by atoms with van der Waals surface area (Å²) in [6, 6.07) is 12.5. The molecule has 3 aromatic rings. The summed E-state index contributed by atoms with van der Waals surface area (Å²) in [5.74, 6) is -0.618. The number of hydrogen-bond acceptors (Lipinski definition) is 5. The van der Waals surface area contributed by atoms with Crippen LogP contribution in [0.3, 0.4) is 0 Å². The number of carbonyl (C=O) groups excluding carboxylic acids is 3. The van der Waals surface area contributed by atoms with Gasteiger partial charge < -0.3 is 25.1 Å². The Labute approximate surface area is 169 Å². The van der Waals surface area contributed by atoms with Gasteiger partial charge in [-0.25, -0.2) is 0 Å². The summed E-state index contributed by atoms with van der Waals surface area (Å²) in [6.07, 6.45) is 1.38. The first-order valence-corrected chi connectivity index (χ1v) is 8.90. The lowest BCUT2D eigenvalue weighted by atomic mass is 10.1. The number of benzene rings is 2. The summed E-state index contributed by atoms with van der Waals surface area (Å²) >= 11 is 6.03. The van der Waals surface area contributed by atoms with Crippen LogP contribution in [0.25, 0.3) is 0 Å². The second kappa shape index (κ2) is 7.69. The van der Waals surface area contributed by atoms with E-state index in [9.17, 15) is 14.4 Å². The van der Waals surface area contributed by atoms with Gasteiger partial charge in [-0.2, -0.15) is 0 Å². The minimum atomic E-state index is -0.485. The third-order valence-corrected chi connectivity index (χ3v) is 4.33. The zero-order chi connectivity index (χ0) is 20.4. The largest absolute Gasteiger partial charge is 0.482 e. The molecule has 0 saturated heterocycles. The smallest absolute Gasteiger partial charge is 0.291 e. The van der Waals surface area contributed by atoms with Gasteiger partial charge in [-0.1, -0.05) is 11.6 Å². The second-order valence-electron chi connectivity index (χ2n) is 6.12. The maximum Gasteiger partial charge on any atom is 0.291 e. The van der Waals surface area contributed by atoms with Crippen molar-refractivity contribution < 1.29 is 23.5 Å². The molecule has 1 aromatic heterocycles. The monoisotopic (exact) mass is 411 g/mol. The van der Waals surface area contributed by atoms with E-state index in [4.69, 9.17) is 20.8 Å². The van der Waals surface area contributed by atoms with E-state index in [0.717, 1.165) is 0 Å². The topological polar surface area (TPSA) is 110 Å². The molecule has 0 atom stereocenters. The summed E-state index contributed by atoms with van der Waals surface area (Å²) in [4.78, 5) is 36.5. The summed E-state index contributed by atoms with van der Waals surface area (Å²) < 4.78 is 10.4. The molecule has 3 N–H and O–H groups in total. The van der Waals surface area contributed by atoms with Gasteiger partial charge >= 0.3 is 0 Å². The molecule has 29 heavy (non-hydrogen) atoms. The fourth-order valence-electron chi connectivity index (χ4n) is 2.74. The van der Waals surface area contributed by atoms with Crippen LogP contribution in [0.15, 0.2) is 59.2 Å². The van der Waals surface area contributed by atoms with E-state index in [1.807, 2.05) is 0 Å². The molecule has 0 unspecified atom stereocenters. The normalized spacial score (nSPS) is 12.4. The van der Waals surface area contributed by atoms with Crippen molar-refractivity contribution in [2.75, 3.05) is 22.6 Å². The van der Waals surface area contributed by atoms with Gasteiger partial charge in [-0.15, -0.1) is 0 Å². The highest BCUT2D eigenvalue weighted by molar-refractivity contribution is 6.31. The van der Waals surface area contributed by atoms with Crippen molar-refractivity contribution in [2.24, 2.45) is 0 Å².